The summed E-state index contributed by atoms with van der Waals surface area (Å²) in [5, 5.41) is 5.65. The van der Waals surface area contributed by atoms with Gasteiger partial charge in [-0.25, -0.2) is 4.98 Å². The van der Waals surface area contributed by atoms with E-state index in [2.05, 4.69) is 15.6 Å². The van der Waals surface area contributed by atoms with Gasteiger partial charge in [0.15, 0.2) is 10.9 Å². The fourth-order valence-corrected chi connectivity index (χ4v) is 3.82. The number of nitrogens with one attached hydrogen (secondary N) is 2. The standard InChI is InChI=1S/C23H16F3N3O3S/c24-23(25,26)16-4-1-3-14(11-16)12-18-13-27-22(33-18)29-20(30)15-6-8-17(9-7-15)28-21(31)19-5-2-10-32-19/h1-11,13H,12H2,(H,28,31)(H,27,29,30). The third-order valence-electron chi connectivity index (χ3n) is 4.56. The van der Waals surface area contributed by atoms with Crippen LogP contribution in [-0.4, -0.2) is 16.8 Å². The van der Waals surface area contributed by atoms with Crippen LogP contribution in [0, 0.1) is 0 Å². The summed E-state index contributed by atoms with van der Waals surface area (Å²) >= 11 is 1.18. The van der Waals surface area contributed by atoms with E-state index in [1.54, 1.807) is 36.4 Å². The van der Waals surface area contributed by atoms with Crippen molar-refractivity contribution in [3.8, 4) is 0 Å². The highest BCUT2D eigenvalue weighted by Crippen LogP contribution is 2.30. The summed E-state index contributed by atoms with van der Waals surface area (Å²) in [4.78, 5) is 29.3. The number of alkyl halides is 3. The molecule has 33 heavy (non-hydrogen) atoms. The number of nitrogens with zero attached hydrogens (tertiary/aromatic N) is 1. The zero-order valence-electron chi connectivity index (χ0n) is 16.8. The number of amides is 2. The van der Waals surface area contributed by atoms with E-state index in [-0.39, 0.29) is 12.2 Å². The second-order valence-corrected chi connectivity index (χ2v) is 8.08. The fraction of sp³-hybridized carbons (Fsp3) is 0.0870. The van der Waals surface area contributed by atoms with Crippen LogP contribution >= 0.6 is 11.3 Å². The van der Waals surface area contributed by atoms with Crippen molar-refractivity contribution < 1.29 is 27.2 Å². The number of anilines is 2. The minimum atomic E-state index is -4.40. The van der Waals surface area contributed by atoms with Gasteiger partial charge in [-0.05, 0) is 48.0 Å². The number of halogens is 3. The highest BCUT2D eigenvalue weighted by Gasteiger charge is 2.30. The van der Waals surface area contributed by atoms with Crippen LogP contribution in [0.4, 0.5) is 24.0 Å². The Morgan fingerprint density at radius 3 is 2.45 bits per heavy atom. The number of furan rings is 1. The molecule has 2 heterocycles. The number of carbonyl (C=O) groups is 2. The summed E-state index contributed by atoms with van der Waals surface area (Å²) in [6.45, 7) is 0. The van der Waals surface area contributed by atoms with E-state index in [9.17, 15) is 22.8 Å². The molecular formula is C23H16F3N3O3S. The molecule has 0 aliphatic heterocycles. The Labute approximate surface area is 190 Å². The van der Waals surface area contributed by atoms with Gasteiger partial charge >= 0.3 is 6.18 Å². The van der Waals surface area contributed by atoms with Gasteiger partial charge in [0.25, 0.3) is 11.8 Å². The third kappa shape index (κ3) is 5.66. The number of rotatable bonds is 6. The molecule has 0 radical (unpaired) electrons. The Bertz CT molecular complexity index is 1270. The molecule has 4 rings (SSSR count). The van der Waals surface area contributed by atoms with Crippen molar-refractivity contribution >= 4 is 34.0 Å². The Kier molecular flexibility index (Phi) is 6.27. The van der Waals surface area contributed by atoms with Crippen LogP contribution in [0.3, 0.4) is 0 Å². The summed E-state index contributed by atoms with van der Waals surface area (Å²) in [5.74, 6) is -0.645. The lowest BCUT2D eigenvalue weighted by Gasteiger charge is -2.07. The molecule has 0 fully saturated rings. The molecule has 4 aromatic rings. The molecule has 0 saturated heterocycles. The lowest BCUT2D eigenvalue weighted by Crippen LogP contribution is -2.13. The van der Waals surface area contributed by atoms with Crippen molar-refractivity contribution in [2.24, 2.45) is 0 Å². The van der Waals surface area contributed by atoms with Crippen molar-refractivity contribution in [2.45, 2.75) is 12.6 Å². The zero-order chi connectivity index (χ0) is 23.4. The molecule has 0 unspecified atom stereocenters. The van der Waals surface area contributed by atoms with Gasteiger partial charge < -0.3 is 9.73 Å². The molecule has 10 heteroatoms. The number of benzene rings is 2. The van der Waals surface area contributed by atoms with E-state index < -0.39 is 23.6 Å². The van der Waals surface area contributed by atoms with Gasteiger partial charge in [0.05, 0.1) is 11.8 Å². The van der Waals surface area contributed by atoms with Gasteiger partial charge in [-0.1, -0.05) is 18.2 Å². The molecule has 0 saturated carbocycles. The fourth-order valence-electron chi connectivity index (χ4n) is 2.98. The Hall–Kier alpha value is -3.92. The van der Waals surface area contributed by atoms with Crippen molar-refractivity contribution in [3.05, 3.63) is 100 Å². The van der Waals surface area contributed by atoms with Gasteiger partial charge in [-0.2, -0.15) is 13.2 Å². The summed E-state index contributed by atoms with van der Waals surface area (Å²) < 4.78 is 43.7. The largest absolute Gasteiger partial charge is 0.459 e. The molecule has 2 aromatic carbocycles. The van der Waals surface area contributed by atoms with Gasteiger partial charge in [0.2, 0.25) is 0 Å². The average molecular weight is 471 g/mol. The predicted octanol–water partition coefficient (Wildman–Crippen LogP) is 5.85. The molecule has 0 spiro atoms. The van der Waals surface area contributed by atoms with E-state index in [1.165, 1.54) is 35.9 Å². The van der Waals surface area contributed by atoms with E-state index in [1.807, 2.05) is 0 Å². The minimum absolute atomic E-state index is 0.168. The normalized spacial score (nSPS) is 11.2. The van der Waals surface area contributed by atoms with E-state index >= 15 is 0 Å². The van der Waals surface area contributed by atoms with Crippen molar-refractivity contribution in [1.29, 1.82) is 0 Å². The summed E-state index contributed by atoms with van der Waals surface area (Å²) in [6.07, 6.45) is -1.22. The van der Waals surface area contributed by atoms with Crippen LogP contribution in [0.15, 0.2) is 77.5 Å². The maximum atomic E-state index is 12.9. The SMILES string of the molecule is O=C(Nc1ncc(Cc2cccc(C(F)(F)F)c2)s1)c1ccc(NC(=O)c2ccco2)cc1. The highest BCUT2D eigenvalue weighted by atomic mass is 32.1. The zero-order valence-corrected chi connectivity index (χ0v) is 17.7. The second kappa shape index (κ2) is 9.29. The van der Waals surface area contributed by atoms with Gasteiger partial charge in [-0.3, -0.25) is 14.9 Å². The first-order chi connectivity index (χ1) is 15.8. The highest BCUT2D eigenvalue weighted by molar-refractivity contribution is 7.15. The number of aromatic nitrogens is 1. The van der Waals surface area contributed by atoms with Crippen LogP contribution in [0.25, 0.3) is 0 Å². The van der Waals surface area contributed by atoms with Gasteiger partial charge in [0.1, 0.15) is 0 Å². The first-order valence-electron chi connectivity index (χ1n) is 9.65. The van der Waals surface area contributed by atoms with Crippen LogP contribution in [0.1, 0.15) is 36.9 Å². The van der Waals surface area contributed by atoms with E-state index in [4.69, 9.17) is 4.42 Å². The first-order valence-corrected chi connectivity index (χ1v) is 10.5. The average Bonchev–Trinajstić information content (AvgIpc) is 3.46. The molecule has 2 aromatic heterocycles. The molecule has 0 bridgehead atoms. The summed E-state index contributed by atoms with van der Waals surface area (Å²) in [7, 11) is 0. The van der Waals surface area contributed by atoms with E-state index in [0.717, 1.165) is 12.1 Å². The molecule has 0 atom stereocenters. The van der Waals surface area contributed by atoms with Crippen molar-refractivity contribution in [2.75, 3.05) is 10.6 Å². The maximum absolute atomic E-state index is 12.9. The number of thiazole rings is 1. The topological polar surface area (TPSA) is 84.2 Å². The first kappa shape index (κ1) is 22.3. The molecule has 0 aliphatic rings. The van der Waals surface area contributed by atoms with Crippen molar-refractivity contribution in [3.63, 3.8) is 0 Å². The number of carbonyl (C=O) groups excluding carboxylic acids is 2. The van der Waals surface area contributed by atoms with Gasteiger partial charge in [0, 0.05) is 28.7 Å². The molecule has 168 valence electrons. The number of hydrogen-bond donors (Lipinski definition) is 2. The third-order valence-corrected chi connectivity index (χ3v) is 5.47. The predicted molar refractivity (Wildman–Crippen MR) is 117 cm³/mol. The van der Waals surface area contributed by atoms with Crippen LogP contribution in [0.2, 0.25) is 0 Å². The Balaban J connectivity index is 1.36. The molecule has 0 aliphatic carbocycles. The molecule has 2 N–H and O–H groups in total. The van der Waals surface area contributed by atoms with Crippen LogP contribution < -0.4 is 10.6 Å². The monoisotopic (exact) mass is 471 g/mol. The Morgan fingerprint density at radius 2 is 1.76 bits per heavy atom. The smallest absolute Gasteiger partial charge is 0.416 e. The van der Waals surface area contributed by atoms with Crippen LogP contribution in [-0.2, 0) is 12.6 Å². The molecule has 2 amide bonds. The Morgan fingerprint density at radius 1 is 0.970 bits per heavy atom. The molecule has 6 nitrogen and oxygen atoms in total. The summed E-state index contributed by atoms with van der Waals surface area (Å²) in [6, 6.07) is 14.5. The van der Waals surface area contributed by atoms with E-state index in [0.29, 0.717) is 26.8 Å². The van der Waals surface area contributed by atoms with Gasteiger partial charge in [-0.15, -0.1) is 11.3 Å². The summed E-state index contributed by atoms with van der Waals surface area (Å²) in [5.41, 5.74) is 0.631. The maximum Gasteiger partial charge on any atom is 0.416 e. The van der Waals surface area contributed by atoms with Crippen LogP contribution in [0.5, 0.6) is 0 Å². The quantitative estimate of drug-likeness (QED) is 0.370. The second-order valence-electron chi connectivity index (χ2n) is 6.97. The number of hydrogen-bond acceptors (Lipinski definition) is 5. The van der Waals surface area contributed by atoms with Crippen molar-refractivity contribution in [1.82, 2.24) is 4.98 Å². The molecular weight excluding hydrogens is 455 g/mol. The lowest BCUT2D eigenvalue weighted by molar-refractivity contribution is -0.137. The lowest BCUT2D eigenvalue weighted by atomic mass is 10.1. The minimum Gasteiger partial charge on any atom is -0.459 e.